The molecule has 43 heavy (non-hydrogen) atoms. The molecule has 0 aliphatic rings. The van der Waals surface area contributed by atoms with Gasteiger partial charge in [-0.05, 0) is 57.2 Å². The lowest BCUT2D eigenvalue weighted by atomic mass is 10.1. The van der Waals surface area contributed by atoms with Crippen molar-refractivity contribution in [3.63, 3.8) is 0 Å². The average molecular weight is 586 g/mol. The summed E-state index contributed by atoms with van der Waals surface area (Å²) < 4.78 is 7.54. The van der Waals surface area contributed by atoms with Crippen molar-refractivity contribution in [3.05, 3.63) is 73.6 Å². The lowest BCUT2D eigenvalue weighted by Gasteiger charge is -2.29. The predicted octanol–water partition coefficient (Wildman–Crippen LogP) is 5.76. The molecule has 0 spiro atoms. The molecular weight excluding hydrogens is 546 g/mol. The quantitative estimate of drug-likeness (QED) is 0.185. The molecule has 226 valence electrons. The van der Waals surface area contributed by atoms with Crippen LogP contribution in [0.5, 0.6) is 0 Å². The van der Waals surface area contributed by atoms with Crippen LogP contribution in [0.2, 0.25) is 0 Å². The molecule has 1 N–H and O–H groups in total. The number of carbonyl (C=O) groups is 2. The molecule has 2 aromatic carbocycles. The highest BCUT2D eigenvalue weighted by Gasteiger charge is 2.22. The largest absolute Gasteiger partial charge is 0.444 e. The van der Waals surface area contributed by atoms with E-state index in [0.29, 0.717) is 36.1 Å². The second-order valence-corrected chi connectivity index (χ2v) is 11.1. The van der Waals surface area contributed by atoms with Crippen LogP contribution in [0, 0.1) is 0 Å². The molecule has 2 amide bonds. The number of nitrogens with zero attached hydrogens (tertiary/aromatic N) is 6. The van der Waals surface area contributed by atoms with E-state index in [9.17, 15) is 9.59 Å². The minimum atomic E-state index is -0.593. The number of ether oxygens (including phenoxy) is 1. The summed E-state index contributed by atoms with van der Waals surface area (Å²) in [5.74, 6) is -0.00272. The van der Waals surface area contributed by atoms with Crippen molar-refractivity contribution in [1.82, 2.24) is 19.4 Å². The van der Waals surface area contributed by atoms with E-state index in [1.165, 1.54) is 16.0 Å². The van der Waals surface area contributed by atoms with E-state index in [1.54, 1.807) is 32.5 Å². The molecule has 11 heteroatoms. The van der Waals surface area contributed by atoms with Crippen LogP contribution < -0.4 is 15.3 Å². The first-order valence-corrected chi connectivity index (χ1v) is 13.9. The summed E-state index contributed by atoms with van der Waals surface area (Å²) in [5, 5.41) is 5.47. The third kappa shape index (κ3) is 7.31. The maximum absolute atomic E-state index is 12.5. The van der Waals surface area contributed by atoms with Crippen LogP contribution in [-0.4, -0.2) is 71.3 Å². The van der Waals surface area contributed by atoms with Gasteiger partial charge in [0.25, 0.3) is 5.95 Å². The fourth-order valence-corrected chi connectivity index (χ4v) is 4.55. The van der Waals surface area contributed by atoms with Crippen LogP contribution in [0.1, 0.15) is 20.8 Å². The van der Waals surface area contributed by atoms with E-state index in [1.807, 2.05) is 70.2 Å². The van der Waals surface area contributed by atoms with E-state index >= 15 is 0 Å². The van der Waals surface area contributed by atoms with E-state index in [2.05, 4.69) is 33.6 Å². The Morgan fingerprint density at radius 2 is 1.84 bits per heavy atom. The third-order valence-corrected chi connectivity index (χ3v) is 6.73. The van der Waals surface area contributed by atoms with Gasteiger partial charge in [-0.3, -0.25) is 9.63 Å². The molecule has 0 unspecified atom stereocenters. The Labute approximate surface area is 252 Å². The molecule has 0 aliphatic carbocycles. The van der Waals surface area contributed by atoms with Crippen molar-refractivity contribution in [3.8, 4) is 11.3 Å². The van der Waals surface area contributed by atoms with Crippen molar-refractivity contribution >= 4 is 45.9 Å². The molecule has 11 nitrogen and oxygen atoms in total. The average Bonchev–Trinajstić information content (AvgIpc) is 3.32. The molecule has 0 atom stereocenters. The van der Waals surface area contributed by atoms with Crippen LogP contribution in [-0.2, 0) is 21.4 Å². The molecule has 0 fully saturated rings. The molecular formula is C32H39N7O4. The Kier molecular flexibility index (Phi) is 9.35. The molecule has 0 saturated carbocycles. The summed E-state index contributed by atoms with van der Waals surface area (Å²) >= 11 is 0. The number of rotatable bonds is 10. The highest BCUT2D eigenvalue weighted by molar-refractivity contribution is 6.01. The SMILES string of the molecule is C=CC(=O)Nc1ccc(N(OC)c2nccc(-c3cn(C)c4ccccc34)n2)cc1N(C)CCN(C)C(=O)OC(C)(C)C. The maximum Gasteiger partial charge on any atom is 0.410 e. The fourth-order valence-electron chi connectivity index (χ4n) is 4.55. The normalized spacial score (nSPS) is 11.2. The van der Waals surface area contributed by atoms with E-state index in [0.717, 1.165) is 22.2 Å². The van der Waals surface area contributed by atoms with Crippen molar-refractivity contribution < 1.29 is 19.2 Å². The van der Waals surface area contributed by atoms with Crippen molar-refractivity contribution in [2.24, 2.45) is 7.05 Å². The standard InChI is InChI=1S/C32H39N7O4/c1-9-29(40)34-26-15-14-22(20-28(26)36(5)18-19-37(6)31(41)43-32(2,3)4)39(42-8)30-33-17-16-25(35-30)24-21-38(7)27-13-11-10-12-23(24)27/h9-17,20-21H,1,18-19H2,2-8H3,(H,34,40). The lowest BCUT2D eigenvalue weighted by Crippen LogP contribution is -2.38. The fraction of sp³-hybridized carbons (Fsp3) is 0.312. The van der Waals surface area contributed by atoms with Gasteiger partial charge in [0.05, 0.1) is 29.9 Å². The van der Waals surface area contributed by atoms with E-state index in [4.69, 9.17) is 14.6 Å². The van der Waals surface area contributed by atoms with Gasteiger partial charge in [0.2, 0.25) is 5.91 Å². The molecule has 4 aromatic rings. The zero-order valence-corrected chi connectivity index (χ0v) is 25.8. The van der Waals surface area contributed by atoms with Crippen molar-refractivity contribution in [2.75, 3.05) is 49.6 Å². The minimum absolute atomic E-state index is 0.342. The Bertz CT molecular complexity index is 1630. The second-order valence-electron chi connectivity index (χ2n) is 11.1. The van der Waals surface area contributed by atoms with Gasteiger partial charge in [-0.1, -0.05) is 24.8 Å². The van der Waals surface area contributed by atoms with Crippen LogP contribution in [0.4, 0.5) is 27.8 Å². The third-order valence-electron chi connectivity index (χ3n) is 6.73. The summed E-state index contributed by atoms with van der Waals surface area (Å²) in [6.45, 7) is 9.88. The number of likely N-dealkylation sites (N-methyl/N-ethyl adjacent to an activating group) is 2. The monoisotopic (exact) mass is 585 g/mol. The molecule has 4 rings (SSSR count). The minimum Gasteiger partial charge on any atom is -0.444 e. The number of hydrogen-bond donors (Lipinski definition) is 1. The number of nitrogens with one attached hydrogen (secondary N) is 1. The number of amides is 2. The molecule has 0 radical (unpaired) electrons. The summed E-state index contributed by atoms with van der Waals surface area (Å²) in [7, 11) is 7.11. The summed E-state index contributed by atoms with van der Waals surface area (Å²) in [4.78, 5) is 43.3. The van der Waals surface area contributed by atoms with Crippen LogP contribution in [0.25, 0.3) is 22.2 Å². The van der Waals surface area contributed by atoms with Crippen LogP contribution in [0.15, 0.2) is 73.6 Å². The zero-order chi connectivity index (χ0) is 31.3. The van der Waals surface area contributed by atoms with E-state index < -0.39 is 11.7 Å². The molecule has 0 bridgehead atoms. The highest BCUT2D eigenvalue weighted by atomic mass is 16.7. The van der Waals surface area contributed by atoms with Gasteiger partial charge in [-0.25, -0.2) is 14.8 Å². The number of hydrogen-bond acceptors (Lipinski definition) is 8. The topological polar surface area (TPSA) is 105 Å². The maximum atomic E-state index is 12.5. The first-order valence-electron chi connectivity index (χ1n) is 13.9. The first kappa shape index (κ1) is 31.0. The van der Waals surface area contributed by atoms with Gasteiger partial charge in [-0.2, -0.15) is 5.06 Å². The summed E-state index contributed by atoms with van der Waals surface area (Å²) in [5.41, 5.74) is 4.13. The number of anilines is 4. The molecule has 2 heterocycles. The molecule has 0 aliphatic heterocycles. The first-order chi connectivity index (χ1) is 20.4. The Morgan fingerprint density at radius 3 is 2.53 bits per heavy atom. The van der Waals surface area contributed by atoms with Crippen molar-refractivity contribution in [1.29, 1.82) is 0 Å². The second kappa shape index (κ2) is 13.0. The van der Waals surface area contributed by atoms with Gasteiger partial charge < -0.3 is 24.4 Å². The number of benzene rings is 2. The van der Waals surface area contributed by atoms with Crippen LogP contribution in [0.3, 0.4) is 0 Å². The van der Waals surface area contributed by atoms with Gasteiger partial charge >= 0.3 is 6.09 Å². The Hall–Kier alpha value is -4.90. The predicted molar refractivity (Wildman–Crippen MR) is 170 cm³/mol. The highest BCUT2D eigenvalue weighted by Crippen LogP contribution is 2.34. The smallest absolute Gasteiger partial charge is 0.410 e. The Morgan fingerprint density at radius 1 is 1.09 bits per heavy atom. The van der Waals surface area contributed by atoms with Crippen LogP contribution >= 0.6 is 0 Å². The lowest BCUT2D eigenvalue weighted by molar-refractivity contribution is -0.111. The molecule has 0 saturated heterocycles. The summed E-state index contributed by atoms with van der Waals surface area (Å²) in [6.07, 6.45) is 4.54. The number of fused-ring (bicyclic) bond motifs is 1. The number of aryl methyl sites for hydroxylation is 1. The Balaban J connectivity index is 1.65. The molecule has 2 aromatic heterocycles. The number of para-hydroxylation sites is 1. The van der Waals surface area contributed by atoms with Gasteiger partial charge in [-0.15, -0.1) is 0 Å². The van der Waals surface area contributed by atoms with Gasteiger partial charge in [0.1, 0.15) is 5.60 Å². The van der Waals surface area contributed by atoms with Gasteiger partial charge in [0, 0.05) is 63.1 Å². The number of aromatic nitrogens is 3. The zero-order valence-electron chi connectivity index (χ0n) is 25.8. The van der Waals surface area contributed by atoms with Gasteiger partial charge in [0.15, 0.2) is 0 Å². The summed E-state index contributed by atoms with van der Waals surface area (Å²) in [6, 6.07) is 15.5. The number of carbonyl (C=O) groups excluding carboxylic acids is 2. The van der Waals surface area contributed by atoms with E-state index in [-0.39, 0.29) is 5.91 Å². The van der Waals surface area contributed by atoms with Crippen molar-refractivity contribution in [2.45, 2.75) is 26.4 Å².